The lowest BCUT2D eigenvalue weighted by molar-refractivity contribution is -0.140. The van der Waals surface area contributed by atoms with Crippen LogP contribution in [0.15, 0.2) is 18.2 Å². The lowest BCUT2D eigenvalue weighted by atomic mass is 10.1. The molecule has 0 aliphatic carbocycles. The normalized spacial score (nSPS) is 10.1. The number of unbranched alkanes of at least 4 members (excludes halogenated alkanes) is 2. The van der Waals surface area contributed by atoms with Crippen molar-refractivity contribution in [1.29, 1.82) is 0 Å². The number of phenolic OH excluding ortho intramolecular Hbond substituents is 1. The van der Waals surface area contributed by atoms with Crippen molar-refractivity contribution in [3.8, 4) is 5.75 Å². The monoisotopic (exact) mass is 299 g/mol. The summed E-state index contributed by atoms with van der Waals surface area (Å²) in [6.45, 7) is 0.492. The molecule has 1 amide bonds. The van der Waals surface area contributed by atoms with E-state index >= 15 is 0 Å². The predicted molar refractivity (Wildman–Crippen MR) is 75.9 cm³/mol. The lowest BCUT2D eigenvalue weighted by Gasteiger charge is -2.07. The Morgan fingerprint density at radius 2 is 2.05 bits per heavy atom. The first-order valence-electron chi connectivity index (χ1n) is 6.38. The van der Waals surface area contributed by atoms with Gasteiger partial charge < -0.3 is 15.2 Å². The molecule has 2 N–H and O–H groups in total. The van der Waals surface area contributed by atoms with Crippen molar-refractivity contribution < 1.29 is 19.4 Å². The molecule has 1 aromatic carbocycles. The Morgan fingerprint density at radius 1 is 1.30 bits per heavy atom. The van der Waals surface area contributed by atoms with Crippen LogP contribution in [-0.4, -0.2) is 30.6 Å². The number of carbonyl (C=O) groups excluding carboxylic acids is 2. The quantitative estimate of drug-likeness (QED) is 0.599. The summed E-state index contributed by atoms with van der Waals surface area (Å²) in [7, 11) is 1.36. The molecule has 0 aliphatic heterocycles. The summed E-state index contributed by atoms with van der Waals surface area (Å²) in [6.07, 6.45) is 2.71. The van der Waals surface area contributed by atoms with Crippen LogP contribution in [-0.2, 0) is 9.53 Å². The van der Waals surface area contributed by atoms with E-state index in [9.17, 15) is 14.7 Å². The summed E-state index contributed by atoms with van der Waals surface area (Å²) in [6, 6.07) is 4.23. The minimum absolute atomic E-state index is 0.00220. The van der Waals surface area contributed by atoms with E-state index in [1.165, 1.54) is 25.3 Å². The van der Waals surface area contributed by atoms with Gasteiger partial charge in [0.15, 0.2) is 0 Å². The third-order valence-electron chi connectivity index (χ3n) is 2.77. The number of esters is 1. The first-order valence-corrected chi connectivity index (χ1v) is 6.76. The zero-order valence-corrected chi connectivity index (χ0v) is 12.1. The van der Waals surface area contributed by atoms with E-state index in [0.717, 1.165) is 19.3 Å². The van der Waals surface area contributed by atoms with Gasteiger partial charge in [-0.3, -0.25) is 9.59 Å². The molecule has 0 unspecified atom stereocenters. The minimum atomic E-state index is -0.320. The van der Waals surface area contributed by atoms with Crippen LogP contribution in [0.1, 0.15) is 36.0 Å². The van der Waals surface area contributed by atoms with Gasteiger partial charge in [0, 0.05) is 13.0 Å². The van der Waals surface area contributed by atoms with E-state index in [1.54, 1.807) is 0 Å². The van der Waals surface area contributed by atoms with Gasteiger partial charge in [-0.05, 0) is 31.0 Å². The van der Waals surface area contributed by atoms with Crippen LogP contribution in [0, 0.1) is 0 Å². The standard InChI is InChI=1S/C14H18ClNO4/c1-20-13(18)5-3-2-4-8-16-14(19)11-9-10(17)6-7-12(11)15/h6-7,9,17H,2-5,8H2,1H3,(H,16,19). The molecule has 5 nitrogen and oxygen atoms in total. The van der Waals surface area contributed by atoms with Crippen molar-refractivity contribution in [3.05, 3.63) is 28.8 Å². The van der Waals surface area contributed by atoms with Gasteiger partial charge in [-0.25, -0.2) is 0 Å². The Labute approximate surface area is 122 Å². The summed E-state index contributed by atoms with van der Waals surface area (Å²) in [4.78, 5) is 22.7. The molecule has 0 saturated heterocycles. The highest BCUT2D eigenvalue weighted by atomic mass is 35.5. The number of hydrogen-bond acceptors (Lipinski definition) is 4. The number of rotatable bonds is 7. The Hall–Kier alpha value is -1.75. The van der Waals surface area contributed by atoms with Gasteiger partial charge in [-0.1, -0.05) is 18.0 Å². The van der Waals surface area contributed by atoms with Crippen molar-refractivity contribution in [2.75, 3.05) is 13.7 Å². The molecule has 0 atom stereocenters. The molecule has 1 aromatic rings. The van der Waals surface area contributed by atoms with Crippen LogP contribution in [0.25, 0.3) is 0 Å². The molecule has 1 rings (SSSR count). The molecule has 0 aliphatic rings. The number of hydrogen-bond donors (Lipinski definition) is 2. The smallest absolute Gasteiger partial charge is 0.305 e. The summed E-state index contributed by atoms with van der Waals surface area (Å²) in [5.41, 5.74) is 0.251. The number of ether oxygens (including phenoxy) is 1. The van der Waals surface area contributed by atoms with E-state index in [0.29, 0.717) is 18.0 Å². The van der Waals surface area contributed by atoms with Crippen LogP contribution in [0.2, 0.25) is 5.02 Å². The second-order valence-corrected chi connectivity index (χ2v) is 4.71. The summed E-state index contributed by atoms with van der Waals surface area (Å²) >= 11 is 5.88. The molecule has 0 heterocycles. The molecule has 6 heteroatoms. The van der Waals surface area contributed by atoms with Gasteiger partial charge in [-0.15, -0.1) is 0 Å². The van der Waals surface area contributed by atoms with Crippen LogP contribution in [0.3, 0.4) is 0 Å². The van der Waals surface area contributed by atoms with Crippen molar-refractivity contribution in [2.45, 2.75) is 25.7 Å². The van der Waals surface area contributed by atoms with Crippen molar-refractivity contribution in [1.82, 2.24) is 5.32 Å². The van der Waals surface area contributed by atoms with Gasteiger partial charge in [-0.2, -0.15) is 0 Å². The number of carbonyl (C=O) groups is 2. The van der Waals surface area contributed by atoms with Crippen LogP contribution < -0.4 is 5.32 Å². The molecule has 0 aromatic heterocycles. The van der Waals surface area contributed by atoms with Crippen molar-refractivity contribution in [3.63, 3.8) is 0 Å². The minimum Gasteiger partial charge on any atom is -0.508 e. The van der Waals surface area contributed by atoms with E-state index < -0.39 is 0 Å². The van der Waals surface area contributed by atoms with Crippen LogP contribution >= 0.6 is 11.6 Å². The Bertz CT molecular complexity index is 476. The highest BCUT2D eigenvalue weighted by Crippen LogP contribution is 2.20. The Morgan fingerprint density at radius 3 is 2.75 bits per heavy atom. The maximum atomic E-state index is 11.8. The summed E-state index contributed by atoms with van der Waals surface area (Å²) < 4.78 is 4.53. The first-order chi connectivity index (χ1) is 9.54. The molecule has 0 radical (unpaired) electrons. The second-order valence-electron chi connectivity index (χ2n) is 4.31. The molecule has 0 saturated carbocycles. The van der Waals surface area contributed by atoms with E-state index in [4.69, 9.17) is 11.6 Å². The topological polar surface area (TPSA) is 75.6 Å². The predicted octanol–water partition coefficient (Wildman–Crippen LogP) is 2.51. The summed E-state index contributed by atoms with van der Waals surface area (Å²) in [5.74, 6) is -0.544. The van der Waals surface area contributed by atoms with Crippen LogP contribution in [0.4, 0.5) is 0 Å². The number of benzene rings is 1. The Kier molecular flexibility index (Phi) is 6.87. The zero-order chi connectivity index (χ0) is 15.0. The highest BCUT2D eigenvalue weighted by molar-refractivity contribution is 6.33. The van der Waals surface area contributed by atoms with E-state index in [1.807, 2.05) is 0 Å². The number of nitrogens with one attached hydrogen (secondary N) is 1. The third-order valence-corrected chi connectivity index (χ3v) is 3.10. The average molecular weight is 300 g/mol. The number of amides is 1. The number of aromatic hydroxyl groups is 1. The molecule has 0 spiro atoms. The fraction of sp³-hybridized carbons (Fsp3) is 0.429. The summed E-state index contributed by atoms with van der Waals surface area (Å²) in [5, 5.41) is 12.3. The highest BCUT2D eigenvalue weighted by Gasteiger charge is 2.10. The second kappa shape index (κ2) is 8.43. The largest absolute Gasteiger partial charge is 0.508 e. The average Bonchev–Trinajstić information content (AvgIpc) is 2.44. The zero-order valence-electron chi connectivity index (χ0n) is 11.3. The van der Waals surface area contributed by atoms with Gasteiger partial charge >= 0.3 is 5.97 Å². The van der Waals surface area contributed by atoms with Gasteiger partial charge in [0.2, 0.25) is 0 Å². The number of halogens is 1. The number of phenols is 1. The number of methoxy groups -OCH3 is 1. The van der Waals surface area contributed by atoms with Gasteiger partial charge in [0.25, 0.3) is 5.91 Å². The van der Waals surface area contributed by atoms with E-state index in [-0.39, 0.29) is 23.2 Å². The Balaban J connectivity index is 2.27. The van der Waals surface area contributed by atoms with E-state index in [2.05, 4.69) is 10.1 Å². The molecular formula is C14H18ClNO4. The van der Waals surface area contributed by atoms with Gasteiger partial charge in [0.05, 0.1) is 17.7 Å². The molecule has 20 heavy (non-hydrogen) atoms. The molecular weight excluding hydrogens is 282 g/mol. The fourth-order valence-electron chi connectivity index (χ4n) is 1.66. The maximum Gasteiger partial charge on any atom is 0.305 e. The van der Waals surface area contributed by atoms with Crippen molar-refractivity contribution >= 4 is 23.5 Å². The molecule has 0 bridgehead atoms. The third kappa shape index (κ3) is 5.48. The van der Waals surface area contributed by atoms with Crippen LogP contribution in [0.5, 0.6) is 5.75 Å². The molecule has 110 valence electrons. The molecule has 0 fully saturated rings. The van der Waals surface area contributed by atoms with Gasteiger partial charge in [0.1, 0.15) is 5.75 Å². The maximum absolute atomic E-state index is 11.8. The SMILES string of the molecule is COC(=O)CCCCCNC(=O)c1cc(O)ccc1Cl. The lowest BCUT2D eigenvalue weighted by Crippen LogP contribution is -2.24. The van der Waals surface area contributed by atoms with Crippen molar-refractivity contribution in [2.24, 2.45) is 0 Å². The fourth-order valence-corrected chi connectivity index (χ4v) is 1.86. The first kappa shape index (κ1) is 16.3.